The molecule has 0 bridgehead atoms. The number of rotatable bonds is 8. The molecule has 0 aromatic heterocycles. The van der Waals surface area contributed by atoms with E-state index in [4.69, 9.17) is 0 Å². The van der Waals surface area contributed by atoms with Crippen LogP contribution in [0.3, 0.4) is 0 Å². The maximum absolute atomic E-state index is 11.7. The van der Waals surface area contributed by atoms with Crippen LogP contribution in [0.15, 0.2) is 297 Å². The first kappa shape index (κ1) is 71.3. The number of benzene rings is 10. The second kappa shape index (κ2) is 30.5. The minimum Gasteiger partial charge on any atom is -1.00 e. The first-order valence-corrected chi connectivity index (χ1v) is 41.7. The van der Waals surface area contributed by atoms with E-state index in [2.05, 4.69) is 351 Å². The van der Waals surface area contributed by atoms with Gasteiger partial charge in [-0.1, -0.05) is 131 Å². The van der Waals surface area contributed by atoms with Crippen molar-refractivity contribution in [2.45, 2.75) is 132 Å². The van der Waals surface area contributed by atoms with Gasteiger partial charge in [-0.3, -0.25) is 0 Å². The van der Waals surface area contributed by atoms with Gasteiger partial charge in [0.2, 0.25) is 0 Å². The van der Waals surface area contributed by atoms with Gasteiger partial charge < -0.3 is 22.6 Å². The van der Waals surface area contributed by atoms with Crippen molar-refractivity contribution < 1.29 is 65.2 Å². The maximum atomic E-state index is 11.7. The van der Waals surface area contributed by atoms with Crippen molar-refractivity contribution in [1.82, 2.24) is 0 Å². The second-order valence-corrected chi connectivity index (χ2v) is 42.3. The van der Waals surface area contributed by atoms with Crippen molar-refractivity contribution in [3.05, 3.63) is 364 Å². The number of hydrogen-bond donors (Lipinski definition) is 0. The van der Waals surface area contributed by atoms with Gasteiger partial charge in [0.25, 0.3) is 0 Å². The van der Waals surface area contributed by atoms with Crippen molar-refractivity contribution in [3.8, 4) is 33.8 Å². The van der Waals surface area contributed by atoms with Crippen LogP contribution in [-0.2, 0) is 64.2 Å². The molecular weight excluding hydrogens is 1340 g/mol. The van der Waals surface area contributed by atoms with E-state index in [0.29, 0.717) is 7.25 Å². The van der Waals surface area contributed by atoms with Gasteiger partial charge in [0.15, 0.2) is 0 Å². The fourth-order valence-electron chi connectivity index (χ4n) is 14.0. The predicted octanol–water partition coefficient (Wildman–Crippen LogP) is 19.1. The number of allylic oxidation sites excluding steroid dienone is 8. The zero-order chi connectivity index (χ0) is 67.2. The average Bonchev–Trinajstić information content (AvgIpc) is 1.57. The van der Waals surface area contributed by atoms with E-state index in [-0.39, 0.29) is 45.6 Å². The first-order chi connectivity index (χ1) is 45.5. The third-order valence-electron chi connectivity index (χ3n) is 18.8. The van der Waals surface area contributed by atoms with Crippen LogP contribution in [-0.4, -0.2) is 6.41 Å². The summed E-state index contributed by atoms with van der Waals surface area (Å²) in [7, 11) is 0. The standard InChI is InChI=1S/2C14H22O.2C13H9.2C13H10.C6H7.C5H5.ClH.2Zr/c2*1-13(2,3)10-7-8-12(15)11(9-10)14(4,5)6;2*1-3-7-12-10(5-1)9-11-6-2-4-8-13(11)12;2*1-3-7-12(8-4-1)11-13-9-5-2-6-10-13;1-6-4-2-3-5-6;1-2-4-5-3-1;;;/h2*7-9,15H,1-6H3;2*1-9H;2*1-10H;4-5H,2H2,1H3;1-3H,4H2;1H;;/p-3. The first-order valence-electron chi connectivity index (χ1n) is 33.9. The molecule has 0 aliphatic heterocycles. The molecule has 4 aliphatic rings. The summed E-state index contributed by atoms with van der Waals surface area (Å²) in [5, 5.41) is 23.5. The number of hydrogen-bond acceptors (Lipinski definition) is 2. The summed E-state index contributed by atoms with van der Waals surface area (Å²) < 4.78 is 7.59. The molecule has 10 aromatic rings. The minimum atomic E-state index is -2.51. The summed E-state index contributed by atoms with van der Waals surface area (Å²) in [6.07, 6.45) is 14.2. The Morgan fingerprint density at radius 2 is 0.656 bits per heavy atom. The van der Waals surface area contributed by atoms with Crippen molar-refractivity contribution in [1.29, 1.82) is 0 Å². The third kappa shape index (κ3) is 16.1. The molecule has 14 rings (SSSR count). The Labute approximate surface area is 595 Å². The zero-order valence-electron chi connectivity index (χ0n) is 58.4. The summed E-state index contributed by atoms with van der Waals surface area (Å²) in [5.74, 6) is 0.297. The van der Waals surface area contributed by atoms with Crippen molar-refractivity contribution in [2.24, 2.45) is 0 Å². The molecule has 0 N–H and O–H groups in total. The van der Waals surface area contributed by atoms with Crippen LogP contribution in [0.25, 0.3) is 22.3 Å². The summed E-state index contributed by atoms with van der Waals surface area (Å²) in [6.45, 7) is 27.7. The molecule has 0 unspecified atom stereocenters. The van der Waals surface area contributed by atoms with Gasteiger partial charge in [0.1, 0.15) is 0 Å². The molecule has 0 saturated carbocycles. The van der Waals surface area contributed by atoms with Crippen molar-refractivity contribution in [3.63, 3.8) is 0 Å². The molecule has 4 aliphatic carbocycles. The van der Waals surface area contributed by atoms with Gasteiger partial charge in [-0.05, 0) is 32.8 Å². The van der Waals surface area contributed by atoms with Crippen LogP contribution < -0.4 is 22.6 Å². The SMILES string of the molecule is C1=CC[C]([Zr](=[C](c2ccccc2)c2ccccc2)[CH]2c3ccccc3-c3ccccc32)=C1.CC(C)(C)c1ccc([O-])c(C(C)(C)C)c1.CC(C)(C)c1ccc([O-])c(C(C)(C)C)c1.CC1=CC[C]([Zr](=[C](c2ccccc2)c2ccccc2)[CH]2c3ccccc3-c3ccccc32)=C1.[Cl-]. The van der Waals surface area contributed by atoms with E-state index in [9.17, 15) is 10.2 Å². The van der Waals surface area contributed by atoms with Gasteiger partial charge in [-0.15, -0.1) is 11.5 Å². The fourth-order valence-corrected chi connectivity index (χ4v) is 32.2. The normalized spacial score (nSPS) is 13.7. The predicted molar refractivity (Wildman–Crippen MR) is 395 cm³/mol. The number of halogens is 1. The van der Waals surface area contributed by atoms with Crippen LogP contribution in [0.4, 0.5) is 0 Å². The van der Waals surface area contributed by atoms with E-state index in [1.807, 2.05) is 12.1 Å². The van der Waals surface area contributed by atoms with Gasteiger partial charge in [0, 0.05) is 0 Å². The molecule has 5 heteroatoms. The Kier molecular flexibility index (Phi) is 22.7. The molecule has 96 heavy (non-hydrogen) atoms. The van der Waals surface area contributed by atoms with Crippen LogP contribution in [0, 0.1) is 0 Å². The van der Waals surface area contributed by atoms with E-state index in [1.54, 1.807) is 25.1 Å². The Morgan fingerprint density at radius 1 is 0.354 bits per heavy atom. The minimum absolute atomic E-state index is 0. The maximum Gasteiger partial charge on any atom is -1.00 e. The van der Waals surface area contributed by atoms with Gasteiger partial charge in [-0.25, -0.2) is 0 Å². The molecule has 0 saturated heterocycles. The second-order valence-electron chi connectivity index (χ2n) is 29.8. The topological polar surface area (TPSA) is 46.1 Å². The molecule has 10 aromatic carbocycles. The molecule has 0 spiro atoms. The molecule has 0 fully saturated rings. The fraction of sp³-hybridized carbons (Fsp3) is 0.231. The molecule has 0 radical (unpaired) electrons. The van der Waals surface area contributed by atoms with E-state index in [1.165, 1.54) is 83.5 Å². The third-order valence-corrected chi connectivity index (χ3v) is 35.4. The van der Waals surface area contributed by atoms with Crippen molar-refractivity contribution >= 4 is 6.41 Å². The van der Waals surface area contributed by atoms with Crippen LogP contribution in [0.1, 0.15) is 177 Å². The Hall–Kier alpha value is -7.44. The largest absolute Gasteiger partial charge is 1.00 e. The van der Waals surface area contributed by atoms with Crippen LogP contribution in [0.2, 0.25) is 0 Å². The Morgan fingerprint density at radius 3 is 0.927 bits per heavy atom. The smallest absolute Gasteiger partial charge is 1.00 e. The van der Waals surface area contributed by atoms with E-state index >= 15 is 0 Å². The van der Waals surface area contributed by atoms with Gasteiger partial charge >= 0.3 is 404 Å². The van der Waals surface area contributed by atoms with Crippen LogP contribution in [0.5, 0.6) is 11.5 Å². The monoisotopic (exact) mass is 1430 g/mol. The molecule has 0 heterocycles. The number of fused-ring (bicyclic) bond motifs is 6. The summed E-state index contributed by atoms with van der Waals surface area (Å²) in [6, 6.07) is 92.6. The molecule has 2 nitrogen and oxygen atoms in total. The van der Waals surface area contributed by atoms with Gasteiger partial charge in [0.05, 0.1) is 0 Å². The summed E-state index contributed by atoms with van der Waals surface area (Å²) in [4.78, 5) is 0. The summed E-state index contributed by atoms with van der Waals surface area (Å²) >= 11 is -4.97. The zero-order valence-corrected chi connectivity index (χ0v) is 64.1. The van der Waals surface area contributed by atoms with E-state index in [0.717, 1.165) is 24.0 Å². The van der Waals surface area contributed by atoms with E-state index < -0.39 is 42.5 Å². The molecule has 0 atom stereocenters. The quantitative estimate of drug-likeness (QED) is 0.152. The molecular formula is C91H92ClO2Zr2-3. The van der Waals surface area contributed by atoms with Crippen LogP contribution >= 0.6 is 0 Å². The molecule has 0 amide bonds. The Bertz CT molecular complexity index is 4330. The van der Waals surface area contributed by atoms with Crippen molar-refractivity contribution in [2.75, 3.05) is 0 Å². The van der Waals surface area contributed by atoms with Gasteiger partial charge in [-0.2, -0.15) is 0 Å². The average molecular weight is 1440 g/mol. The molecule has 486 valence electrons. The Balaban J connectivity index is 0.000000148. The summed E-state index contributed by atoms with van der Waals surface area (Å²) in [5.41, 5.74) is 23.2.